The molecule has 238 valence electrons. The molecule has 0 spiro atoms. The van der Waals surface area contributed by atoms with Gasteiger partial charge in [-0.1, -0.05) is 83.1 Å². The molecule has 0 saturated heterocycles. The van der Waals surface area contributed by atoms with Crippen molar-refractivity contribution in [3.05, 3.63) is 24.3 Å². The molecule has 0 amide bonds. The second-order valence-electron chi connectivity index (χ2n) is 11.7. The van der Waals surface area contributed by atoms with Crippen molar-refractivity contribution in [3.63, 3.8) is 0 Å². The molecule has 8 heteroatoms. The van der Waals surface area contributed by atoms with E-state index in [-0.39, 0.29) is 42.7 Å². The number of nitrogens with zero attached hydrogens (tertiary/aromatic N) is 1. The molecule has 0 aliphatic carbocycles. The molecule has 8 nitrogen and oxygen atoms in total. The zero-order valence-corrected chi connectivity index (χ0v) is 26.7. The summed E-state index contributed by atoms with van der Waals surface area (Å²) in [7, 11) is 5.36. The van der Waals surface area contributed by atoms with Crippen molar-refractivity contribution in [1.82, 2.24) is 0 Å². The molecule has 0 rings (SSSR count). The number of quaternary nitrogens is 1. The second kappa shape index (κ2) is 25.5. The Balaban J connectivity index is 4.43. The Bertz CT molecular complexity index is 742. The number of rotatable bonds is 27. The number of allylic oxidation sites excluding steroid dienone is 4. The number of carboxylic acids is 1. The van der Waals surface area contributed by atoms with Crippen LogP contribution in [-0.4, -0.2) is 75.5 Å². The van der Waals surface area contributed by atoms with Gasteiger partial charge in [-0.3, -0.25) is 9.59 Å². The summed E-state index contributed by atoms with van der Waals surface area (Å²) in [4.78, 5) is 36.1. The molecule has 2 atom stereocenters. The van der Waals surface area contributed by atoms with Gasteiger partial charge >= 0.3 is 11.9 Å². The minimum atomic E-state index is -1.13. The molecule has 0 aliphatic heterocycles. The molecule has 0 bridgehead atoms. The van der Waals surface area contributed by atoms with E-state index in [1.807, 2.05) is 0 Å². The Labute approximate surface area is 250 Å². The molecular formula is C33H59NO7. The first kappa shape index (κ1) is 38.8. The van der Waals surface area contributed by atoms with Crippen LogP contribution in [0.3, 0.4) is 0 Å². The summed E-state index contributed by atoms with van der Waals surface area (Å²) in [6, 6.07) is -0.722. The van der Waals surface area contributed by atoms with Gasteiger partial charge in [0.15, 0.2) is 6.10 Å². The van der Waals surface area contributed by atoms with Crippen LogP contribution < -0.4 is 5.11 Å². The van der Waals surface area contributed by atoms with Gasteiger partial charge in [0, 0.05) is 19.3 Å². The topological polar surface area (TPSA) is 102 Å². The molecule has 0 fully saturated rings. The van der Waals surface area contributed by atoms with Crippen molar-refractivity contribution in [1.29, 1.82) is 0 Å². The maximum Gasteiger partial charge on any atom is 0.306 e. The first-order chi connectivity index (χ1) is 19.6. The lowest BCUT2D eigenvalue weighted by atomic mass is 10.1. The monoisotopic (exact) mass is 581 g/mol. The van der Waals surface area contributed by atoms with Gasteiger partial charge in [-0.05, 0) is 38.5 Å². The normalized spacial score (nSPS) is 13.5. The van der Waals surface area contributed by atoms with Crippen LogP contribution in [0.5, 0.6) is 0 Å². The van der Waals surface area contributed by atoms with Gasteiger partial charge in [0.2, 0.25) is 0 Å². The maximum absolute atomic E-state index is 12.5. The Morgan fingerprint density at radius 1 is 0.732 bits per heavy atom. The number of hydrogen-bond acceptors (Lipinski definition) is 7. The first-order valence-corrected chi connectivity index (χ1v) is 15.9. The molecular weight excluding hydrogens is 522 g/mol. The third kappa shape index (κ3) is 24.1. The molecule has 0 radical (unpaired) electrons. The summed E-state index contributed by atoms with van der Waals surface area (Å²) in [5.41, 5.74) is 0. The highest BCUT2D eigenvalue weighted by Crippen LogP contribution is 2.11. The number of carbonyl (C=O) groups is 3. The van der Waals surface area contributed by atoms with Gasteiger partial charge in [-0.15, -0.1) is 0 Å². The summed E-state index contributed by atoms with van der Waals surface area (Å²) < 4.78 is 16.8. The number of aliphatic carboxylic acids is 1. The third-order valence-corrected chi connectivity index (χ3v) is 6.82. The molecule has 0 aromatic heterocycles. The highest BCUT2D eigenvalue weighted by Gasteiger charge is 2.25. The summed E-state index contributed by atoms with van der Waals surface area (Å²) in [5, 5.41) is 11.5. The van der Waals surface area contributed by atoms with Crippen LogP contribution in [0.25, 0.3) is 0 Å². The lowest BCUT2D eigenvalue weighted by Gasteiger charge is -2.34. The Kier molecular flexibility index (Phi) is 24.2. The smallest absolute Gasteiger partial charge is 0.306 e. The number of ether oxygens (including phenoxy) is 3. The van der Waals surface area contributed by atoms with Gasteiger partial charge in [0.25, 0.3) is 0 Å². The van der Waals surface area contributed by atoms with Crippen LogP contribution in [0.1, 0.15) is 117 Å². The maximum atomic E-state index is 12.5. The van der Waals surface area contributed by atoms with E-state index < -0.39 is 18.1 Å². The average molecular weight is 582 g/mol. The van der Waals surface area contributed by atoms with Gasteiger partial charge in [-0.25, -0.2) is 0 Å². The van der Waals surface area contributed by atoms with E-state index >= 15 is 0 Å². The van der Waals surface area contributed by atoms with Crippen LogP contribution in [0.15, 0.2) is 24.3 Å². The van der Waals surface area contributed by atoms with Gasteiger partial charge in [-0.2, -0.15) is 0 Å². The Morgan fingerprint density at radius 3 is 1.98 bits per heavy atom. The van der Waals surface area contributed by atoms with E-state index in [1.165, 1.54) is 6.42 Å². The van der Waals surface area contributed by atoms with Crippen LogP contribution in [-0.2, 0) is 28.6 Å². The molecule has 0 aromatic carbocycles. The van der Waals surface area contributed by atoms with E-state index in [1.54, 1.807) is 21.1 Å². The minimum Gasteiger partial charge on any atom is -0.544 e. The predicted octanol–water partition coefficient (Wildman–Crippen LogP) is 5.68. The van der Waals surface area contributed by atoms with Crippen molar-refractivity contribution < 1.29 is 38.2 Å². The zero-order chi connectivity index (χ0) is 30.8. The Hall–Kier alpha value is -2.19. The van der Waals surface area contributed by atoms with E-state index in [9.17, 15) is 19.5 Å². The molecule has 0 aliphatic rings. The Morgan fingerprint density at radius 2 is 1.34 bits per heavy atom. The van der Waals surface area contributed by atoms with Crippen LogP contribution in [0, 0.1) is 0 Å². The van der Waals surface area contributed by atoms with E-state index in [2.05, 4.69) is 38.2 Å². The van der Waals surface area contributed by atoms with Crippen molar-refractivity contribution >= 4 is 17.9 Å². The lowest BCUT2D eigenvalue weighted by Crippen LogP contribution is -2.55. The van der Waals surface area contributed by atoms with E-state index in [0.717, 1.165) is 77.0 Å². The third-order valence-electron chi connectivity index (χ3n) is 6.82. The van der Waals surface area contributed by atoms with Crippen molar-refractivity contribution in [2.24, 2.45) is 0 Å². The van der Waals surface area contributed by atoms with Gasteiger partial charge in [0.1, 0.15) is 12.6 Å². The first-order valence-electron chi connectivity index (χ1n) is 15.9. The summed E-state index contributed by atoms with van der Waals surface area (Å²) in [6.07, 6.45) is 22.5. The number of carbonyl (C=O) groups excluding carboxylic acids is 3. The second-order valence-corrected chi connectivity index (χ2v) is 11.7. The molecule has 41 heavy (non-hydrogen) atoms. The fourth-order valence-corrected chi connectivity index (χ4v) is 4.28. The summed E-state index contributed by atoms with van der Waals surface area (Å²) in [5.74, 6) is -1.78. The zero-order valence-electron chi connectivity index (χ0n) is 26.7. The fraction of sp³-hybridized carbons (Fsp3) is 0.788. The molecule has 2 unspecified atom stereocenters. The molecule has 0 N–H and O–H groups in total. The van der Waals surface area contributed by atoms with Crippen LogP contribution >= 0.6 is 0 Å². The number of esters is 2. The summed E-state index contributed by atoms with van der Waals surface area (Å²) >= 11 is 0. The van der Waals surface area contributed by atoms with E-state index in [0.29, 0.717) is 12.8 Å². The largest absolute Gasteiger partial charge is 0.544 e. The van der Waals surface area contributed by atoms with E-state index in [4.69, 9.17) is 14.2 Å². The molecule has 0 saturated carbocycles. The van der Waals surface area contributed by atoms with Crippen LogP contribution in [0.4, 0.5) is 0 Å². The quantitative estimate of drug-likeness (QED) is 0.0533. The van der Waals surface area contributed by atoms with Crippen molar-refractivity contribution in [2.75, 3.05) is 41.0 Å². The predicted molar refractivity (Wildman–Crippen MR) is 162 cm³/mol. The number of hydrogen-bond donors (Lipinski definition) is 0. The minimum absolute atomic E-state index is 0.0354. The van der Waals surface area contributed by atoms with Crippen molar-refractivity contribution in [3.8, 4) is 0 Å². The highest BCUT2D eigenvalue weighted by molar-refractivity contribution is 5.70. The lowest BCUT2D eigenvalue weighted by molar-refractivity contribution is -0.889. The summed E-state index contributed by atoms with van der Waals surface area (Å²) in [6.45, 7) is 4.42. The van der Waals surface area contributed by atoms with Gasteiger partial charge < -0.3 is 28.6 Å². The number of likely N-dealkylation sites (N-methyl/N-ethyl adjacent to an activating group) is 1. The molecule has 0 heterocycles. The van der Waals surface area contributed by atoms with Crippen LogP contribution in [0.2, 0.25) is 0 Å². The number of carboxylic acid groups (broad SMARTS) is 1. The molecule has 0 aromatic rings. The SMILES string of the molecule is CCC/C=C\C/C=C\CCCCCCCC(=O)OC(COCCC(C(=O)[O-])[N+](C)(C)C)COC(=O)CCCCCC. The number of unbranched alkanes of at least 4 members (excludes halogenated alkanes) is 9. The fourth-order valence-electron chi connectivity index (χ4n) is 4.28. The highest BCUT2D eigenvalue weighted by atomic mass is 16.6. The average Bonchev–Trinajstić information content (AvgIpc) is 2.91. The standard InChI is InChI=1S/C33H59NO7/c1-6-8-10-12-13-14-15-16-17-18-19-20-22-24-32(36)41-29(28-40-31(35)23-21-11-9-7-2)27-39-26-25-30(33(37)38)34(3,4)5/h10,12,14-15,29-30H,6-9,11,13,16-28H2,1-5H3/b12-10-,15-14-. The van der Waals surface area contributed by atoms with Crippen molar-refractivity contribution in [2.45, 2.75) is 129 Å². The van der Waals surface area contributed by atoms with Gasteiger partial charge in [0.05, 0.1) is 40.3 Å².